The number of nitrogens with one attached hydrogen (secondary N) is 1. The number of hydrazone groups is 1. The van der Waals surface area contributed by atoms with Crippen LogP contribution in [0.15, 0.2) is 53.0 Å². The molecule has 0 spiro atoms. The number of non-ortho nitro benzene ring substituents is 1. The molecule has 1 amide bonds. The SMILES string of the molecule is O=C(Cc1cccs1)NN=CC=Cc1ccc([N+](=O)[O-])cc1. The van der Waals surface area contributed by atoms with Crippen molar-refractivity contribution in [3.8, 4) is 0 Å². The number of benzene rings is 1. The first-order chi connectivity index (χ1) is 10.6. The highest BCUT2D eigenvalue weighted by Gasteiger charge is 2.02. The topological polar surface area (TPSA) is 84.6 Å². The highest BCUT2D eigenvalue weighted by Crippen LogP contribution is 2.12. The zero-order chi connectivity index (χ0) is 15.8. The normalized spacial score (nSPS) is 11.1. The zero-order valence-corrected chi connectivity index (χ0v) is 12.3. The minimum atomic E-state index is -0.446. The van der Waals surface area contributed by atoms with Crippen LogP contribution in [0.1, 0.15) is 10.4 Å². The second kappa shape index (κ2) is 7.84. The molecule has 1 N–H and O–H groups in total. The number of hydrogen-bond donors (Lipinski definition) is 1. The molecule has 0 aliphatic carbocycles. The quantitative estimate of drug-likeness (QED) is 0.505. The maximum absolute atomic E-state index is 11.5. The average molecular weight is 315 g/mol. The summed E-state index contributed by atoms with van der Waals surface area (Å²) in [5, 5.41) is 16.2. The summed E-state index contributed by atoms with van der Waals surface area (Å²) in [6, 6.07) is 9.92. The largest absolute Gasteiger partial charge is 0.273 e. The van der Waals surface area contributed by atoms with Crippen molar-refractivity contribution in [2.45, 2.75) is 6.42 Å². The summed E-state index contributed by atoms with van der Waals surface area (Å²) in [5.74, 6) is -0.178. The van der Waals surface area contributed by atoms with Crippen LogP contribution in [0, 0.1) is 10.1 Å². The number of nitro groups is 1. The highest BCUT2D eigenvalue weighted by molar-refractivity contribution is 7.10. The fraction of sp³-hybridized carbons (Fsp3) is 0.0667. The molecule has 112 valence electrons. The molecular weight excluding hydrogens is 302 g/mol. The van der Waals surface area contributed by atoms with Crippen molar-refractivity contribution in [2.75, 3.05) is 0 Å². The molecule has 0 aliphatic heterocycles. The first kappa shape index (κ1) is 15.6. The van der Waals surface area contributed by atoms with Crippen molar-refractivity contribution in [1.29, 1.82) is 0 Å². The van der Waals surface area contributed by atoms with Crippen LogP contribution in [0.25, 0.3) is 6.08 Å². The monoisotopic (exact) mass is 315 g/mol. The molecule has 0 aliphatic rings. The Morgan fingerprint density at radius 3 is 2.73 bits per heavy atom. The molecule has 0 saturated carbocycles. The van der Waals surface area contributed by atoms with Crippen molar-refractivity contribution in [3.05, 3.63) is 68.4 Å². The van der Waals surface area contributed by atoms with Crippen LogP contribution in [-0.4, -0.2) is 17.0 Å². The van der Waals surface area contributed by atoms with E-state index in [9.17, 15) is 14.9 Å². The molecule has 1 heterocycles. The third kappa shape index (κ3) is 4.95. The summed E-state index contributed by atoms with van der Waals surface area (Å²) in [5.41, 5.74) is 3.28. The molecule has 0 fully saturated rings. The third-order valence-electron chi connectivity index (χ3n) is 2.66. The lowest BCUT2D eigenvalue weighted by molar-refractivity contribution is -0.384. The summed E-state index contributed by atoms with van der Waals surface area (Å²) in [6.07, 6.45) is 5.14. The Labute approximate surface area is 130 Å². The Balaban J connectivity index is 1.79. The van der Waals surface area contributed by atoms with Gasteiger partial charge in [0.25, 0.3) is 5.69 Å². The van der Waals surface area contributed by atoms with Gasteiger partial charge in [0.15, 0.2) is 0 Å². The molecule has 0 saturated heterocycles. The van der Waals surface area contributed by atoms with Gasteiger partial charge in [-0.3, -0.25) is 14.9 Å². The van der Waals surface area contributed by atoms with E-state index in [0.717, 1.165) is 10.4 Å². The van der Waals surface area contributed by atoms with Crippen molar-refractivity contribution in [2.24, 2.45) is 5.10 Å². The number of carbonyl (C=O) groups excluding carboxylic acids is 1. The van der Waals surface area contributed by atoms with E-state index in [2.05, 4.69) is 10.5 Å². The van der Waals surface area contributed by atoms with Crippen LogP contribution < -0.4 is 5.43 Å². The average Bonchev–Trinajstić information content (AvgIpc) is 3.00. The standard InChI is InChI=1S/C15H13N3O3S/c19-15(11-14-4-2-10-22-14)17-16-9-1-3-12-5-7-13(8-6-12)18(20)21/h1-10H,11H2,(H,17,19). The van der Waals surface area contributed by atoms with Crippen molar-refractivity contribution >= 4 is 35.2 Å². The van der Waals surface area contributed by atoms with E-state index in [-0.39, 0.29) is 11.6 Å². The molecule has 2 rings (SSSR count). The molecule has 0 radical (unpaired) electrons. The predicted molar refractivity (Wildman–Crippen MR) is 86.8 cm³/mol. The van der Waals surface area contributed by atoms with E-state index in [0.29, 0.717) is 6.42 Å². The first-order valence-electron chi connectivity index (χ1n) is 6.40. The number of rotatable bonds is 6. The van der Waals surface area contributed by atoms with Gasteiger partial charge in [-0.15, -0.1) is 11.3 Å². The molecule has 22 heavy (non-hydrogen) atoms. The van der Waals surface area contributed by atoms with Gasteiger partial charge >= 0.3 is 0 Å². The van der Waals surface area contributed by atoms with E-state index < -0.39 is 4.92 Å². The minimum absolute atomic E-state index is 0.0478. The van der Waals surface area contributed by atoms with Crippen LogP contribution in [0.4, 0.5) is 5.69 Å². The van der Waals surface area contributed by atoms with Gasteiger partial charge in [-0.25, -0.2) is 5.43 Å². The molecular formula is C15H13N3O3S. The highest BCUT2D eigenvalue weighted by atomic mass is 32.1. The fourth-order valence-corrected chi connectivity index (χ4v) is 2.33. The van der Waals surface area contributed by atoms with Gasteiger partial charge in [0.2, 0.25) is 5.91 Å². The lowest BCUT2D eigenvalue weighted by Gasteiger charge is -1.96. The first-order valence-corrected chi connectivity index (χ1v) is 7.28. The van der Waals surface area contributed by atoms with E-state index in [1.165, 1.54) is 29.7 Å². The van der Waals surface area contributed by atoms with E-state index >= 15 is 0 Å². The number of thiophene rings is 1. The molecule has 0 bridgehead atoms. The number of hydrogen-bond acceptors (Lipinski definition) is 5. The Hall–Kier alpha value is -2.80. The van der Waals surface area contributed by atoms with Crippen molar-refractivity contribution in [1.82, 2.24) is 5.43 Å². The van der Waals surface area contributed by atoms with Gasteiger partial charge in [-0.05, 0) is 35.2 Å². The van der Waals surface area contributed by atoms with Crippen molar-refractivity contribution < 1.29 is 9.72 Å². The Morgan fingerprint density at radius 1 is 1.32 bits per heavy atom. The van der Waals surface area contributed by atoms with Gasteiger partial charge in [-0.2, -0.15) is 5.10 Å². The van der Waals surface area contributed by atoms with Crippen LogP contribution in [0.3, 0.4) is 0 Å². The van der Waals surface area contributed by atoms with E-state index in [4.69, 9.17) is 0 Å². The Bertz CT molecular complexity index is 691. The summed E-state index contributed by atoms with van der Waals surface area (Å²) in [4.78, 5) is 22.6. The second-order valence-corrected chi connectivity index (χ2v) is 5.31. The van der Waals surface area contributed by atoms with E-state index in [1.54, 1.807) is 24.3 Å². The van der Waals surface area contributed by atoms with Crippen LogP contribution >= 0.6 is 11.3 Å². The molecule has 6 nitrogen and oxygen atoms in total. The van der Waals surface area contributed by atoms with Gasteiger partial charge < -0.3 is 0 Å². The third-order valence-corrected chi connectivity index (χ3v) is 3.53. The molecule has 1 aromatic heterocycles. The molecule has 1 aromatic carbocycles. The van der Waals surface area contributed by atoms with E-state index in [1.807, 2.05) is 17.5 Å². The second-order valence-electron chi connectivity index (χ2n) is 4.28. The minimum Gasteiger partial charge on any atom is -0.273 e. The van der Waals surface area contributed by atoms with Crippen molar-refractivity contribution in [3.63, 3.8) is 0 Å². The number of amides is 1. The van der Waals surface area contributed by atoms with Crippen LogP contribution in [-0.2, 0) is 11.2 Å². The predicted octanol–water partition coefficient (Wildman–Crippen LogP) is 3.01. The maximum atomic E-state index is 11.5. The molecule has 2 aromatic rings. The Kier molecular flexibility index (Phi) is 5.56. The van der Waals surface area contributed by atoms with Crippen LogP contribution in [0.5, 0.6) is 0 Å². The maximum Gasteiger partial charge on any atom is 0.269 e. The number of allylic oxidation sites excluding steroid dienone is 1. The smallest absolute Gasteiger partial charge is 0.269 e. The number of carbonyl (C=O) groups is 1. The zero-order valence-electron chi connectivity index (χ0n) is 11.5. The van der Waals surface area contributed by atoms with Crippen LogP contribution in [0.2, 0.25) is 0 Å². The lowest BCUT2D eigenvalue weighted by Crippen LogP contribution is -2.18. The molecule has 0 unspecified atom stereocenters. The van der Waals surface area contributed by atoms with Gasteiger partial charge in [0.05, 0.1) is 11.3 Å². The summed E-state index contributed by atoms with van der Waals surface area (Å²) >= 11 is 1.52. The molecule has 7 heteroatoms. The summed E-state index contributed by atoms with van der Waals surface area (Å²) < 4.78 is 0. The van der Waals surface area contributed by atoms with Gasteiger partial charge in [0.1, 0.15) is 0 Å². The molecule has 0 atom stereocenters. The summed E-state index contributed by atoms with van der Waals surface area (Å²) in [6.45, 7) is 0. The van der Waals surface area contributed by atoms with Gasteiger partial charge in [-0.1, -0.05) is 12.1 Å². The van der Waals surface area contributed by atoms with Gasteiger partial charge in [0, 0.05) is 23.2 Å². The lowest BCUT2D eigenvalue weighted by atomic mass is 10.2. The fourth-order valence-electron chi connectivity index (χ4n) is 1.62. The summed E-state index contributed by atoms with van der Waals surface area (Å²) in [7, 11) is 0. The Morgan fingerprint density at radius 2 is 2.09 bits per heavy atom. The number of nitro benzene ring substituents is 1. The number of nitrogens with zero attached hydrogens (tertiary/aromatic N) is 2.